The highest BCUT2D eigenvalue weighted by molar-refractivity contribution is 9.10. The Morgan fingerprint density at radius 3 is 2.80 bits per heavy atom. The average molecular weight is 276 g/mol. The number of rotatable bonds is 2. The quantitative estimate of drug-likeness (QED) is 0.866. The predicted molar refractivity (Wildman–Crippen MR) is 59.1 cm³/mol. The van der Waals surface area contributed by atoms with Crippen molar-refractivity contribution in [2.45, 2.75) is 25.3 Å². The molecule has 1 aliphatic heterocycles. The van der Waals surface area contributed by atoms with Crippen LogP contribution in [0.5, 0.6) is 0 Å². The Balaban J connectivity index is 2.37. The Labute approximate surface area is 96.0 Å². The summed E-state index contributed by atoms with van der Waals surface area (Å²) in [5, 5.41) is 3.24. The smallest absolute Gasteiger partial charge is 0.264 e. The fourth-order valence-electron chi connectivity index (χ4n) is 2.00. The van der Waals surface area contributed by atoms with Crippen LogP contribution in [0.3, 0.4) is 0 Å². The summed E-state index contributed by atoms with van der Waals surface area (Å²) < 4.78 is 26.4. The van der Waals surface area contributed by atoms with E-state index in [1.54, 1.807) is 12.1 Å². The number of alkyl halides is 2. The molecule has 0 saturated carbocycles. The minimum atomic E-state index is -2.39. The molecule has 0 bridgehead atoms. The van der Waals surface area contributed by atoms with Gasteiger partial charge in [-0.2, -0.15) is 0 Å². The Morgan fingerprint density at radius 2 is 2.20 bits per heavy atom. The van der Waals surface area contributed by atoms with Gasteiger partial charge in [-0.1, -0.05) is 22.0 Å². The number of hydrogen-bond acceptors (Lipinski definition) is 1. The Hall–Kier alpha value is -0.480. The molecule has 1 aromatic rings. The van der Waals surface area contributed by atoms with Crippen LogP contribution in [0.4, 0.5) is 8.78 Å². The summed E-state index contributed by atoms with van der Waals surface area (Å²) in [5.41, 5.74) is 0.884. The van der Waals surface area contributed by atoms with Gasteiger partial charge < -0.3 is 5.32 Å². The maximum atomic E-state index is 12.8. The van der Waals surface area contributed by atoms with Crippen LogP contribution in [0.2, 0.25) is 0 Å². The monoisotopic (exact) mass is 275 g/mol. The summed E-state index contributed by atoms with van der Waals surface area (Å²) in [6.45, 7) is 0.917. The highest BCUT2D eigenvalue weighted by Gasteiger charge is 2.22. The maximum absolute atomic E-state index is 12.8. The first-order valence-corrected chi connectivity index (χ1v) is 5.78. The molecule has 4 heteroatoms. The van der Waals surface area contributed by atoms with Crippen LogP contribution in [0.15, 0.2) is 22.7 Å². The van der Waals surface area contributed by atoms with Gasteiger partial charge in [0.05, 0.1) is 0 Å². The topological polar surface area (TPSA) is 12.0 Å². The number of hydrogen-bond donors (Lipinski definition) is 1. The lowest BCUT2D eigenvalue weighted by Gasteiger charge is -2.15. The zero-order valence-electron chi connectivity index (χ0n) is 8.14. The van der Waals surface area contributed by atoms with E-state index in [0.717, 1.165) is 29.4 Å². The van der Waals surface area contributed by atoms with E-state index in [1.165, 1.54) is 6.07 Å². The number of nitrogens with one attached hydrogen (secondary N) is 1. The van der Waals surface area contributed by atoms with Crippen molar-refractivity contribution in [2.75, 3.05) is 6.54 Å². The molecule has 0 amide bonds. The second kappa shape index (κ2) is 4.58. The van der Waals surface area contributed by atoms with E-state index in [1.807, 2.05) is 0 Å². The Kier molecular flexibility index (Phi) is 3.36. The third kappa shape index (κ3) is 2.37. The van der Waals surface area contributed by atoms with Crippen molar-refractivity contribution in [2.24, 2.45) is 0 Å². The summed E-state index contributed by atoms with van der Waals surface area (Å²) in [6.07, 6.45) is -0.397. The second-order valence-electron chi connectivity index (χ2n) is 3.72. The highest BCUT2D eigenvalue weighted by Crippen LogP contribution is 2.33. The molecule has 15 heavy (non-hydrogen) atoms. The molecule has 0 spiro atoms. The molecule has 1 unspecified atom stereocenters. The van der Waals surface area contributed by atoms with Crippen molar-refractivity contribution >= 4 is 15.9 Å². The number of halogens is 3. The molecule has 1 heterocycles. The van der Waals surface area contributed by atoms with Crippen molar-refractivity contribution in [1.29, 1.82) is 0 Å². The zero-order valence-corrected chi connectivity index (χ0v) is 9.73. The van der Waals surface area contributed by atoms with Crippen LogP contribution in [0.25, 0.3) is 0 Å². The van der Waals surface area contributed by atoms with Crippen LogP contribution >= 0.6 is 15.9 Å². The van der Waals surface area contributed by atoms with Gasteiger partial charge in [-0.15, -0.1) is 0 Å². The molecule has 1 atom stereocenters. The lowest BCUT2D eigenvalue weighted by atomic mass is 9.99. The van der Waals surface area contributed by atoms with Gasteiger partial charge in [0.25, 0.3) is 6.43 Å². The lowest BCUT2D eigenvalue weighted by Crippen LogP contribution is -2.14. The first-order chi connectivity index (χ1) is 7.18. The molecule has 1 aliphatic rings. The Bertz CT molecular complexity index is 348. The van der Waals surface area contributed by atoms with Gasteiger partial charge in [-0.05, 0) is 37.1 Å². The minimum Gasteiger partial charge on any atom is -0.310 e. The third-order valence-corrected chi connectivity index (χ3v) is 3.21. The van der Waals surface area contributed by atoms with Crippen LogP contribution in [-0.4, -0.2) is 6.54 Å². The van der Waals surface area contributed by atoms with Crippen molar-refractivity contribution in [3.8, 4) is 0 Å². The summed E-state index contributed by atoms with van der Waals surface area (Å²) in [6, 6.07) is 5.06. The van der Waals surface area contributed by atoms with Gasteiger partial charge in [-0.3, -0.25) is 0 Å². The molecule has 1 nitrogen and oxygen atoms in total. The van der Waals surface area contributed by atoms with Gasteiger partial charge in [-0.25, -0.2) is 8.78 Å². The van der Waals surface area contributed by atoms with E-state index < -0.39 is 6.43 Å². The zero-order chi connectivity index (χ0) is 10.8. The molecule has 0 aromatic heterocycles. The largest absolute Gasteiger partial charge is 0.310 e. The van der Waals surface area contributed by atoms with Crippen LogP contribution in [0.1, 0.15) is 36.4 Å². The summed E-state index contributed by atoms with van der Waals surface area (Å²) in [7, 11) is 0. The van der Waals surface area contributed by atoms with Crippen LogP contribution in [-0.2, 0) is 0 Å². The molecule has 1 fully saturated rings. The first-order valence-electron chi connectivity index (χ1n) is 4.99. The first kappa shape index (κ1) is 11.0. The predicted octanol–water partition coefficient (Wildman–Crippen LogP) is 3.81. The summed E-state index contributed by atoms with van der Waals surface area (Å²) >= 11 is 3.32. The molecule has 2 rings (SSSR count). The van der Waals surface area contributed by atoms with Gasteiger partial charge in [0.2, 0.25) is 0 Å². The lowest BCUT2D eigenvalue weighted by molar-refractivity contribution is 0.149. The standard InChI is InChI=1S/C11H12BrF2N/c12-7-3-4-8(11(13)14)9(6-7)10-2-1-5-15-10/h3-4,6,10-11,15H,1-2,5H2. The van der Waals surface area contributed by atoms with E-state index in [0.29, 0.717) is 0 Å². The second-order valence-corrected chi connectivity index (χ2v) is 4.64. The van der Waals surface area contributed by atoms with Gasteiger partial charge in [0.15, 0.2) is 0 Å². The van der Waals surface area contributed by atoms with Crippen molar-refractivity contribution < 1.29 is 8.78 Å². The molecular formula is C11H12BrF2N. The normalized spacial score (nSPS) is 21.2. The van der Waals surface area contributed by atoms with E-state index >= 15 is 0 Å². The van der Waals surface area contributed by atoms with Crippen LogP contribution < -0.4 is 5.32 Å². The molecule has 82 valence electrons. The molecule has 0 aliphatic carbocycles. The fraction of sp³-hybridized carbons (Fsp3) is 0.455. The minimum absolute atomic E-state index is 0.0894. The third-order valence-electron chi connectivity index (χ3n) is 2.72. The highest BCUT2D eigenvalue weighted by atomic mass is 79.9. The number of benzene rings is 1. The van der Waals surface area contributed by atoms with Gasteiger partial charge in [0, 0.05) is 16.1 Å². The maximum Gasteiger partial charge on any atom is 0.264 e. The van der Waals surface area contributed by atoms with E-state index in [-0.39, 0.29) is 11.6 Å². The van der Waals surface area contributed by atoms with Gasteiger partial charge in [0.1, 0.15) is 0 Å². The Morgan fingerprint density at radius 1 is 1.40 bits per heavy atom. The SMILES string of the molecule is FC(F)c1ccc(Br)cc1C1CCCN1. The molecule has 1 aromatic carbocycles. The van der Waals surface area contributed by atoms with E-state index in [2.05, 4.69) is 21.2 Å². The van der Waals surface area contributed by atoms with E-state index in [4.69, 9.17) is 0 Å². The molecular weight excluding hydrogens is 264 g/mol. The fourth-order valence-corrected chi connectivity index (χ4v) is 2.37. The summed E-state index contributed by atoms with van der Waals surface area (Å²) in [4.78, 5) is 0. The molecule has 1 saturated heterocycles. The molecule has 1 N–H and O–H groups in total. The van der Waals surface area contributed by atoms with Crippen molar-refractivity contribution in [3.05, 3.63) is 33.8 Å². The summed E-state index contributed by atoms with van der Waals surface area (Å²) in [5.74, 6) is 0. The van der Waals surface area contributed by atoms with Crippen LogP contribution in [0, 0.1) is 0 Å². The van der Waals surface area contributed by atoms with Crippen molar-refractivity contribution in [3.63, 3.8) is 0 Å². The van der Waals surface area contributed by atoms with E-state index in [9.17, 15) is 8.78 Å². The van der Waals surface area contributed by atoms with Gasteiger partial charge >= 0.3 is 0 Å². The molecule has 0 radical (unpaired) electrons. The average Bonchev–Trinajstić information content (AvgIpc) is 2.69. The van der Waals surface area contributed by atoms with Crippen molar-refractivity contribution in [1.82, 2.24) is 5.32 Å².